The van der Waals surface area contributed by atoms with E-state index in [-0.39, 0.29) is 5.60 Å². The van der Waals surface area contributed by atoms with Gasteiger partial charge in [0.2, 0.25) is 0 Å². The third-order valence-corrected chi connectivity index (χ3v) is 3.65. The zero-order valence-corrected chi connectivity index (χ0v) is 9.23. The number of hydrogen-bond donors (Lipinski definition) is 0. The van der Waals surface area contributed by atoms with Gasteiger partial charge in [-0.05, 0) is 18.8 Å². The molecule has 0 heterocycles. The van der Waals surface area contributed by atoms with Crippen molar-refractivity contribution in [2.45, 2.75) is 45.1 Å². The topological polar surface area (TPSA) is 26.3 Å². The molecule has 0 radical (unpaired) electrons. The minimum atomic E-state index is -1.31. The average molecular weight is 202 g/mol. The Morgan fingerprint density at radius 3 is 2.38 bits per heavy atom. The van der Waals surface area contributed by atoms with E-state index in [0.717, 1.165) is 12.8 Å². The van der Waals surface area contributed by atoms with E-state index in [1.807, 2.05) is 0 Å². The van der Waals surface area contributed by atoms with E-state index in [4.69, 9.17) is 4.18 Å². The van der Waals surface area contributed by atoms with Crippen molar-refractivity contribution in [3.8, 4) is 0 Å². The smallest absolute Gasteiger partial charge is 0.181 e. The van der Waals surface area contributed by atoms with E-state index < -0.39 is 11.1 Å². The van der Waals surface area contributed by atoms with E-state index in [1.165, 1.54) is 18.2 Å². The molecule has 1 atom stereocenters. The average Bonchev–Trinajstić information content (AvgIpc) is 2.54. The first-order valence-corrected chi connectivity index (χ1v) is 5.97. The maximum Gasteiger partial charge on any atom is 0.181 e. The Morgan fingerprint density at radius 2 is 2.00 bits per heavy atom. The minimum Gasteiger partial charge on any atom is -0.280 e. The standard InChI is InChI=1S/C10H18O2S/c1-4-13(11)12-10(9(2)3)7-5-6-8-10/h4,9H,1,5-8H2,2-3H3. The molecule has 1 aliphatic carbocycles. The highest BCUT2D eigenvalue weighted by molar-refractivity contribution is 7.83. The third-order valence-electron chi connectivity index (χ3n) is 2.89. The molecule has 1 aliphatic rings. The normalized spacial score (nSPS) is 23.3. The molecule has 3 heteroatoms. The zero-order valence-electron chi connectivity index (χ0n) is 8.41. The number of rotatable bonds is 4. The second-order valence-corrected chi connectivity index (χ2v) is 4.96. The van der Waals surface area contributed by atoms with Crippen molar-refractivity contribution < 1.29 is 8.39 Å². The van der Waals surface area contributed by atoms with E-state index >= 15 is 0 Å². The van der Waals surface area contributed by atoms with Gasteiger partial charge in [0.05, 0.1) is 5.60 Å². The lowest BCUT2D eigenvalue weighted by atomic mass is 9.89. The molecule has 0 amide bonds. The van der Waals surface area contributed by atoms with Gasteiger partial charge in [0.1, 0.15) is 0 Å². The second-order valence-electron chi connectivity index (χ2n) is 3.94. The van der Waals surface area contributed by atoms with Crippen LogP contribution in [0.15, 0.2) is 12.0 Å². The van der Waals surface area contributed by atoms with Gasteiger partial charge in [-0.2, -0.15) is 0 Å². The first-order chi connectivity index (χ1) is 6.10. The second kappa shape index (κ2) is 4.38. The van der Waals surface area contributed by atoms with Crippen molar-refractivity contribution in [1.29, 1.82) is 0 Å². The molecule has 2 nitrogen and oxygen atoms in total. The Balaban J connectivity index is 2.67. The molecule has 0 aromatic rings. The van der Waals surface area contributed by atoms with Gasteiger partial charge >= 0.3 is 0 Å². The lowest BCUT2D eigenvalue weighted by molar-refractivity contribution is 0.0448. The van der Waals surface area contributed by atoms with Crippen molar-refractivity contribution in [1.82, 2.24) is 0 Å². The van der Waals surface area contributed by atoms with Gasteiger partial charge in [0, 0.05) is 5.41 Å². The summed E-state index contributed by atoms with van der Waals surface area (Å²) >= 11 is -1.31. The third kappa shape index (κ3) is 2.41. The van der Waals surface area contributed by atoms with Crippen molar-refractivity contribution >= 4 is 11.1 Å². The molecule has 0 aliphatic heterocycles. The first-order valence-electron chi connectivity index (χ1n) is 4.83. The molecular weight excluding hydrogens is 184 g/mol. The van der Waals surface area contributed by atoms with Crippen LogP contribution >= 0.6 is 0 Å². The lowest BCUT2D eigenvalue weighted by Gasteiger charge is -2.31. The SMILES string of the molecule is C=CS(=O)OC1(C(C)C)CCCC1. The van der Waals surface area contributed by atoms with E-state index in [9.17, 15) is 4.21 Å². The quantitative estimate of drug-likeness (QED) is 0.700. The van der Waals surface area contributed by atoms with Crippen LogP contribution < -0.4 is 0 Å². The molecule has 0 saturated heterocycles. The summed E-state index contributed by atoms with van der Waals surface area (Å²) in [5, 5.41) is 1.36. The summed E-state index contributed by atoms with van der Waals surface area (Å²) in [5.74, 6) is 0.430. The van der Waals surface area contributed by atoms with Crippen molar-refractivity contribution in [2.24, 2.45) is 5.92 Å². The molecule has 0 spiro atoms. The summed E-state index contributed by atoms with van der Waals surface area (Å²) in [7, 11) is 0. The summed E-state index contributed by atoms with van der Waals surface area (Å²) in [6.07, 6.45) is 4.44. The van der Waals surface area contributed by atoms with Gasteiger partial charge in [0.25, 0.3) is 0 Å². The van der Waals surface area contributed by atoms with Crippen LogP contribution in [0.3, 0.4) is 0 Å². The molecular formula is C10H18O2S. The van der Waals surface area contributed by atoms with E-state index in [1.54, 1.807) is 0 Å². The predicted octanol–water partition coefficient (Wildman–Crippen LogP) is 2.78. The maximum atomic E-state index is 11.2. The summed E-state index contributed by atoms with van der Waals surface area (Å²) in [5.41, 5.74) is -0.154. The van der Waals surface area contributed by atoms with Crippen LogP contribution in [0.1, 0.15) is 39.5 Å². The van der Waals surface area contributed by atoms with Gasteiger partial charge < -0.3 is 0 Å². The zero-order chi connectivity index (χ0) is 9.90. The van der Waals surface area contributed by atoms with Crippen LogP contribution in [0.25, 0.3) is 0 Å². The van der Waals surface area contributed by atoms with E-state index in [2.05, 4.69) is 20.4 Å². The monoisotopic (exact) mass is 202 g/mol. The van der Waals surface area contributed by atoms with Crippen LogP contribution in [-0.4, -0.2) is 9.81 Å². The molecule has 1 rings (SSSR count). The lowest BCUT2D eigenvalue weighted by Crippen LogP contribution is -2.35. The summed E-state index contributed by atoms with van der Waals surface area (Å²) in [6, 6.07) is 0. The summed E-state index contributed by atoms with van der Waals surface area (Å²) in [6.45, 7) is 7.73. The molecule has 0 N–H and O–H groups in total. The molecule has 76 valence electrons. The highest BCUT2D eigenvalue weighted by atomic mass is 32.2. The van der Waals surface area contributed by atoms with Crippen molar-refractivity contribution in [3.05, 3.63) is 12.0 Å². The minimum absolute atomic E-state index is 0.154. The molecule has 1 unspecified atom stereocenters. The Bertz CT molecular complexity index is 205. The van der Waals surface area contributed by atoms with Crippen LogP contribution in [-0.2, 0) is 15.3 Å². The molecule has 13 heavy (non-hydrogen) atoms. The molecule has 1 saturated carbocycles. The summed E-state index contributed by atoms with van der Waals surface area (Å²) < 4.78 is 16.8. The van der Waals surface area contributed by atoms with Crippen LogP contribution in [0, 0.1) is 5.92 Å². The van der Waals surface area contributed by atoms with Gasteiger partial charge in [-0.15, -0.1) is 0 Å². The molecule has 0 bridgehead atoms. The van der Waals surface area contributed by atoms with Crippen LogP contribution in [0.4, 0.5) is 0 Å². The molecule has 0 aromatic heterocycles. The number of hydrogen-bond acceptors (Lipinski definition) is 2. The highest BCUT2D eigenvalue weighted by Gasteiger charge is 2.39. The molecule has 0 aromatic carbocycles. The first kappa shape index (κ1) is 10.9. The van der Waals surface area contributed by atoms with Gasteiger partial charge in [-0.1, -0.05) is 33.3 Å². The Kier molecular flexibility index (Phi) is 3.68. The Morgan fingerprint density at radius 1 is 1.46 bits per heavy atom. The van der Waals surface area contributed by atoms with Gasteiger partial charge in [-0.3, -0.25) is 4.18 Å². The molecule has 1 fully saturated rings. The largest absolute Gasteiger partial charge is 0.280 e. The Hall–Kier alpha value is -0.150. The maximum absolute atomic E-state index is 11.2. The highest BCUT2D eigenvalue weighted by Crippen LogP contribution is 2.39. The van der Waals surface area contributed by atoms with Gasteiger partial charge in [-0.25, -0.2) is 4.21 Å². The van der Waals surface area contributed by atoms with Crippen LogP contribution in [0.2, 0.25) is 0 Å². The van der Waals surface area contributed by atoms with Gasteiger partial charge in [0.15, 0.2) is 11.1 Å². The van der Waals surface area contributed by atoms with Crippen molar-refractivity contribution in [3.63, 3.8) is 0 Å². The fourth-order valence-corrected chi connectivity index (χ4v) is 2.68. The summed E-state index contributed by atoms with van der Waals surface area (Å²) in [4.78, 5) is 0. The Labute approximate surface area is 83.0 Å². The van der Waals surface area contributed by atoms with E-state index in [0.29, 0.717) is 5.92 Å². The fourth-order valence-electron chi connectivity index (χ4n) is 1.93. The fraction of sp³-hybridized carbons (Fsp3) is 0.800. The predicted molar refractivity (Wildman–Crippen MR) is 55.5 cm³/mol. The van der Waals surface area contributed by atoms with Crippen LogP contribution in [0.5, 0.6) is 0 Å². The van der Waals surface area contributed by atoms with Crippen molar-refractivity contribution in [2.75, 3.05) is 0 Å².